The molecule has 0 spiro atoms. The zero-order valence-electron chi connectivity index (χ0n) is 12.2. The molecule has 1 saturated heterocycles. The summed E-state index contributed by atoms with van der Waals surface area (Å²) in [7, 11) is 0. The number of anilines is 1. The van der Waals surface area contributed by atoms with E-state index >= 15 is 0 Å². The molecule has 1 unspecified atom stereocenters. The summed E-state index contributed by atoms with van der Waals surface area (Å²) in [6.07, 6.45) is 1.85. The van der Waals surface area contributed by atoms with Gasteiger partial charge in [-0.25, -0.2) is 0 Å². The highest BCUT2D eigenvalue weighted by Gasteiger charge is 2.35. The summed E-state index contributed by atoms with van der Waals surface area (Å²) in [5, 5.41) is 2.74. The van der Waals surface area contributed by atoms with Gasteiger partial charge >= 0.3 is 0 Å². The molecule has 0 aromatic heterocycles. The lowest BCUT2D eigenvalue weighted by molar-refractivity contribution is -0.126. The Morgan fingerprint density at radius 1 is 1.52 bits per heavy atom. The molecule has 21 heavy (non-hydrogen) atoms. The Morgan fingerprint density at radius 3 is 3.00 bits per heavy atom. The third-order valence-corrected chi connectivity index (χ3v) is 3.37. The summed E-state index contributed by atoms with van der Waals surface area (Å²) in [5.41, 5.74) is 0.725. The van der Waals surface area contributed by atoms with Crippen LogP contribution in [0, 0.1) is 5.92 Å². The van der Waals surface area contributed by atoms with Crippen molar-refractivity contribution in [3.63, 3.8) is 0 Å². The molecule has 0 aliphatic carbocycles. The average Bonchev–Trinajstić information content (AvgIpc) is 2.87. The summed E-state index contributed by atoms with van der Waals surface area (Å²) in [5.74, 6) is 0.174. The Balaban J connectivity index is 2.13. The second-order valence-corrected chi connectivity index (χ2v) is 4.84. The van der Waals surface area contributed by atoms with Crippen LogP contribution >= 0.6 is 0 Å². The molecule has 2 rings (SSSR count). The van der Waals surface area contributed by atoms with Gasteiger partial charge in [-0.15, -0.1) is 6.58 Å². The lowest BCUT2D eigenvalue weighted by Crippen LogP contribution is -2.33. The highest BCUT2D eigenvalue weighted by Crippen LogP contribution is 2.33. The van der Waals surface area contributed by atoms with Gasteiger partial charge in [0, 0.05) is 19.5 Å². The van der Waals surface area contributed by atoms with Crippen molar-refractivity contribution in [3.8, 4) is 5.75 Å². The van der Waals surface area contributed by atoms with Gasteiger partial charge in [0.05, 0.1) is 18.2 Å². The van der Waals surface area contributed by atoms with E-state index in [-0.39, 0.29) is 24.2 Å². The predicted octanol–water partition coefficient (Wildman–Crippen LogP) is 1.74. The number of rotatable bonds is 6. The van der Waals surface area contributed by atoms with Gasteiger partial charge in [-0.05, 0) is 19.1 Å². The van der Waals surface area contributed by atoms with Crippen molar-refractivity contribution in [1.29, 1.82) is 0 Å². The fourth-order valence-corrected chi connectivity index (χ4v) is 2.39. The number of benzene rings is 1. The lowest BCUT2D eigenvalue weighted by atomic mass is 10.1. The fourth-order valence-electron chi connectivity index (χ4n) is 2.39. The number of hydrogen-bond acceptors (Lipinski definition) is 3. The lowest BCUT2D eigenvalue weighted by Gasteiger charge is -2.20. The molecule has 5 heteroatoms. The Morgan fingerprint density at radius 2 is 2.29 bits per heavy atom. The summed E-state index contributed by atoms with van der Waals surface area (Å²) < 4.78 is 5.55. The molecule has 1 aliphatic rings. The second kappa shape index (κ2) is 6.92. The van der Waals surface area contributed by atoms with E-state index in [4.69, 9.17) is 4.74 Å². The van der Waals surface area contributed by atoms with E-state index in [1.807, 2.05) is 31.2 Å². The van der Waals surface area contributed by atoms with Crippen molar-refractivity contribution in [2.75, 3.05) is 24.6 Å². The summed E-state index contributed by atoms with van der Waals surface area (Å²) in [4.78, 5) is 25.8. The number of hydrogen-bond donors (Lipinski definition) is 1. The monoisotopic (exact) mass is 288 g/mol. The van der Waals surface area contributed by atoms with E-state index in [1.165, 1.54) is 0 Å². The van der Waals surface area contributed by atoms with Crippen LogP contribution in [0.4, 0.5) is 5.69 Å². The van der Waals surface area contributed by atoms with Crippen LogP contribution in [0.25, 0.3) is 0 Å². The maximum atomic E-state index is 12.2. The molecule has 2 amide bonds. The quantitative estimate of drug-likeness (QED) is 0.811. The van der Waals surface area contributed by atoms with Crippen molar-refractivity contribution >= 4 is 17.5 Å². The van der Waals surface area contributed by atoms with Crippen LogP contribution in [0.1, 0.15) is 13.3 Å². The van der Waals surface area contributed by atoms with Gasteiger partial charge in [-0.3, -0.25) is 9.59 Å². The Labute approximate surface area is 124 Å². The van der Waals surface area contributed by atoms with Crippen molar-refractivity contribution in [1.82, 2.24) is 5.32 Å². The average molecular weight is 288 g/mol. The van der Waals surface area contributed by atoms with E-state index in [0.717, 1.165) is 5.69 Å². The van der Waals surface area contributed by atoms with Crippen LogP contribution in [0.2, 0.25) is 0 Å². The topological polar surface area (TPSA) is 58.6 Å². The van der Waals surface area contributed by atoms with Crippen molar-refractivity contribution in [2.45, 2.75) is 13.3 Å². The van der Waals surface area contributed by atoms with Crippen LogP contribution in [0.5, 0.6) is 5.75 Å². The highest BCUT2D eigenvalue weighted by atomic mass is 16.5. The first-order chi connectivity index (χ1) is 10.2. The zero-order chi connectivity index (χ0) is 15.2. The first-order valence-electron chi connectivity index (χ1n) is 7.08. The predicted molar refractivity (Wildman–Crippen MR) is 81.3 cm³/mol. The number of carbonyl (C=O) groups is 2. The normalized spacial score (nSPS) is 17.7. The van der Waals surface area contributed by atoms with Gasteiger partial charge in [0.1, 0.15) is 5.75 Å². The third-order valence-electron chi connectivity index (χ3n) is 3.37. The maximum absolute atomic E-state index is 12.2. The first-order valence-corrected chi connectivity index (χ1v) is 7.08. The van der Waals surface area contributed by atoms with Crippen molar-refractivity contribution in [2.24, 2.45) is 5.92 Å². The molecular formula is C16H20N2O3. The van der Waals surface area contributed by atoms with E-state index in [1.54, 1.807) is 11.0 Å². The summed E-state index contributed by atoms with van der Waals surface area (Å²) in [6, 6.07) is 7.39. The van der Waals surface area contributed by atoms with E-state index < -0.39 is 0 Å². The third kappa shape index (κ3) is 3.42. The molecule has 0 bridgehead atoms. The zero-order valence-corrected chi connectivity index (χ0v) is 12.2. The molecule has 0 radical (unpaired) electrons. The van der Waals surface area contributed by atoms with Crippen LogP contribution < -0.4 is 15.0 Å². The molecule has 1 N–H and O–H groups in total. The molecule has 1 aromatic carbocycles. The van der Waals surface area contributed by atoms with Crippen molar-refractivity contribution < 1.29 is 14.3 Å². The molecule has 1 aliphatic heterocycles. The number of nitrogens with one attached hydrogen (secondary N) is 1. The van der Waals surface area contributed by atoms with Crippen LogP contribution in [0.15, 0.2) is 36.9 Å². The second-order valence-electron chi connectivity index (χ2n) is 4.84. The van der Waals surface area contributed by atoms with E-state index in [2.05, 4.69) is 11.9 Å². The fraction of sp³-hybridized carbons (Fsp3) is 0.375. The van der Waals surface area contributed by atoms with E-state index in [9.17, 15) is 9.59 Å². The largest absolute Gasteiger partial charge is 0.492 e. The van der Waals surface area contributed by atoms with Crippen LogP contribution in [0.3, 0.4) is 0 Å². The first kappa shape index (κ1) is 15.1. The molecule has 0 saturated carbocycles. The molecule has 1 aromatic rings. The molecular weight excluding hydrogens is 268 g/mol. The molecule has 5 nitrogen and oxygen atoms in total. The van der Waals surface area contributed by atoms with E-state index in [0.29, 0.717) is 25.4 Å². The Hall–Kier alpha value is -2.30. The number of carbonyl (C=O) groups excluding carboxylic acids is 2. The molecule has 112 valence electrons. The highest BCUT2D eigenvalue weighted by molar-refractivity contribution is 6.01. The van der Waals surface area contributed by atoms with Gasteiger partial charge in [0.15, 0.2) is 0 Å². The van der Waals surface area contributed by atoms with Crippen molar-refractivity contribution in [3.05, 3.63) is 36.9 Å². The number of ether oxygens (including phenoxy) is 1. The maximum Gasteiger partial charge on any atom is 0.227 e. The minimum absolute atomic E-state index is 0.0547. The number of nitrogens with zero attached hydrogens (tertiary/aromatic N) is 1. The van der Waals surface area contributed by atoms with Crippen LogP contribution in [-0.4, -0.2) is 31.5 Å². The molecule has 1 atom stereocenters. The minimum Gasteiger partial charge on any atom is -0.492 e. The Bertz CT molecular complexity index is 542. The Kier molecular flexibility index (Phi) is 4.98. The number of para-hydroxylation sites is 2. The standard InChI is InChI=1S/C16H20N2O3/c1-3-9-17-16(20)12-10-15(19)18(11-12)13-7-5-6-8-14(13)21-4-2/h3,5-8,12H,1,4,9-11H2,2H3,(H,17,20). The minimum atomic E-state index is -0.327. The smallest absolute Gasteiger partial charge is 0.227 e. The number of amides is 2. The van der Waals surface area contributed by atoms with Gasteiger partial charge in [0.25, 0.3) is 0 Å². The van der Waals surface area contributed by atoms with Gasteiger partial charge < -0.3 is 15.0 Å². The molecule has 1 heterocycles. The summed E-state index contributed by atoms with van der Waals surface area (Å²) >= 11 is 0. The van der Waals surface area contributed by atoms with Gasteiger partial charge in [0.2, 0.25) is 11.8 Å². The SMILES string of the molecule is C=CCNC(=O)C1CC(=O)N(c2ccccc2OCC)C1. The summed E-state index contributed by atoms with van der Waals surface area (Å²) in [6.45, 7) is 6.78. The van der Waals surface area contributed by atoms with Gasteiger partial charge in [-0.2, -0.15) is 0 Å². The van der Waals surface area contributed by atoms with Crippen LogP contribution in [-0.2, 0) is 9.59 Å². The van der Waals surface area contributed by atoms with Gasteiger partial charge in [-0.1, -0.05) is 18.2 Å². The molecule has 1 fully saturated rings.